The predicted octanol–water partition coefficient (Wildman–Crippen LogP) is 14.8. The highest BCUT2D eigenvalue weighted by atomic mass is 35.5. The monoisotopic (exact) mass is 1270 g/mol. The van der Waals surface area contributed by atoms with Gasteiger partial charge < -0.3 is 16.0 Å². The number of carbonyl (C=O) groups is 7. The van der Waals surface area contributed by atoms with E-state index in [1.54, 1.807) is 35.6 Å². The van der Waals surface area contributed by atoms with Crippen molar-refractivity contribution in [2.75, 3.05) is 19.6 Å². The Hall–Kier alpha value is -8.15. The first-order chi connectivity index (χ1) is 38.9. The van der Waals surface area contributed by atoms with Gasteiger partial charge in [-0.2, -0.15) is 79.0 Å². The zero-order valence-corrected chi connectivity index (χ0v) is 43.5. The molecule has 3 N–H and O–H groups in total. The molecule has 10 nitrogen and oxygen atoms in total. The fourth-order valence-corrected chi connectivity index (χ4v) is 7.74. The average molecular weight is 1270 g/mol. The Morgan fingerprint density at radius 2 is 0.871 bits per heavy atom. The minimum Gasteiger partial charge on any atom is -0.347 e. The van der Waals surface area contributed by atoms with Gasteiger partial charge in [-0.3, -0.25) is 33.6 Å². The maximum absolute atomic E-state index is 13.9. The van der Waals surface area contributed by atoms with Gasteiger partial charge >= 0.3 is 37.1 Å². The molecule has 0 spiro atoms. The van der Waals surface area contributed by atoms with Crippen molar-refractivity contribution in [1.29, 1.82) is 0 Å². The van der Waals surface area contributed by atoms with Gasteiger partial charge in [-0.1, -0.05) is 83.9 Å². The van der Waals surface area contributed by atoms with E-state index in [2.05, 4.69) is 5.32 Å². The third-order valence-electron chi connectivity index (χ3n) is 11.1. The van der Waals surface area contributed by atoms with E-state index in [-0.39, 0.29) is 71.1 Å². The SMILES string of the molecule is CC(=O)c1ccc(C(=O)CCC(=O)NCC(F)(F)F)c2ccccc12.O=C(CNC(=O)c1ccc(C(=O)C=C(c2cc(Cl)c(F)c(C(F)(F)F)c2)C(F)(F)F)c2ccccc12)NCC(F)(F)F.O=C(c1cc(Cl)c(F)c(C(F)(F)F)c1)C(F)(F)F. The van der Waals surface area contributed by atoms with Crippen LogP contribution in [0.5, 0.6) is 0 Å². The molecule has 85 heavy (non-hydrogen) atoms. The van der Waals surface area contributed by atoms with Crippen LogP contribution in [-0.4, -0.2) is 85.2 Å². The van der Waals surface area contributed by atoms with Crippen LogP contribution in [-0.2, 0) is 21.9 Å². The van der Waals surface area contributed by atoms with E-state index in [1.165, 1.54) is 42.6 Å². The summed E-state index contributed by atoms with van der Waals surface area (Å²) < 4.78 is 254. The lowest BCUT2D eigenvalue weighted by atomic mass is 9.94. The normalized spacial score (nSPS) is 12.3. The maximum Gasteiger partial charge on any atom is 0.454 e. The molecule has 3 amide bonds. The first-order valence-corrected chi connectivity index (χ1v) is 23.8. The first-order valence-electron chi connectivity index (χ1n) is 23.0. The molecule has 32 heteroatoms. The Kier molecular flexibility index (Phi) is 22.2. The van der Waals surface area contributed by atoms with Crippen LogP contribution in [0.15, 0.2) is 103 Å². The van der Waals surface area contributed by atoms with Crippen LogP contribution >= 0.6 is 23.2 Å². The van der Waals surface area contributed by atoms with Gasteiger partial charge in [0.2, 0.25) is 11.8 Å². The van der Waals surface area contributed by atoms with Crippen LogP contribution in [0.1, 0.15) is 88.2 Å². The van der Waals surface area contributed by atoms with E-state index in [0.29, 0.717) is 21.9 Å². The molecule has 6 aromatic carbocycles. The molecule has 0 aliphatic heterocycles. The van der Waals surface area contributed by atoms with Gasteiger partial charge in [-0.05, 0) is 76.5 Å². The third kappa shape index (κ3) is 19.4. The molecule has 0 aliphatic rings. The van der Waals surface area contributed by atoms with Crippen molar-refractivity contribution < 1.29 is 121 Å². The van der Waals surface area contributed by atoms with Crippen molar-refractivity contribution in [2.45, 2.75) is 56.8 Å². The molecule has 6 aromatic rings. The number of alkyl halides is 18. The van der Waals surface area contributed by atoms with Gasteiger partial charge in [0.15, 0.2) is 29.0 Å². The van der Waals surface area contributed by atoms with Crippen molar-refractivity contribution >= 4 is 91.2 Å². The Morgan fingerprint density at radius 3 is 1.32 bits per heavy atom. The molecule has 0 saturated carbocycles. The Morgan fingerprint density at radius 1 is 0.471 bits per heavy atom. The van der Waals surface area contributed by atoms with E-state index in [4.69, 9.17) is 23.2 Å². The summed E-state index contributed by atoms with van der Waals surface area (Å²) >= 11 is 10.4. The lowest BCUT2D eigenvalue weighted by molar-refractivity contribution is -0.140. The number of allylic oxidation sites excluding steroid dienone is 2. The lowest BCUT2D eigenvalue weighted by Crippen LogP contribution is -2.40. The molecule has 0 fully saturated rings. The number of fused-ring (bicyclic) bond motifs is 2. The van der Waals surface area contributed by atoms with Crippen LogP contribution in [0.25, 0.3) is 27.1 Å². The minimum atomic E-state index is -5.41. The van der Waals surface area contributed by atoms with E-state index in [9.17, 15) is 121 Å². The summed E-state index contributed by atoms with van der Waals surface area (Å²) in [6.45, 7) is -2.50. The van der Waals surface area contributed by atoms with Gasteiger partial charge in [0.1, 0.15) is 13.1 Å². The smallest absolute Gasteiger partial charge is 0.347 e. The summed E-state index contributed by atoms with van der Waals surface area (Å²) in [4.78, 5) is 83.4. The van der Waals surface area contributed by atoms with E-state index in [1.807, 2.05) is 0 Å². The largest absolute Gasteiger partial charge is 0.454 e. The van der Waals surface area contributed by atoms with Crippen molar-refractivity contribution in [1.82, 2.24) is 16.0 Å². The Labute approximate surface area is 473 Å². The molecule has 0 heterocycles. The van der Waals surface area contributed by atoms with Crippen LogP contribution in [0.4, 0.5) is 87.8 Å². The third-order valence-corrected chi connectivity index (χ3v) is 11.6. The molecule has 0 saturated heterocycles. The molecule has 0 atom stereocenters. The number of carbonyl (C=O) groups excluding carboxylic acids is 7. The summed E-state index contributed by atoms with van der Waals surface area (Å²) in [6, 6.07) is 17.3. The number of ketones is 4. The summed E-state index contributed by atoms with van der Waals surface area (Å²) in [5, 5.41) is 3.98. The van der Waals surface area contributed by atoms with Crippen molar-refractivity contribution in [3.8, 4) is 0 Å². The highest BCUT2D eigenvalue weighted by Crippen LogP contribution is 2.42. The van der Waals surface area contributed by atoms with Crippen LogP contribution < -0.4 is 16.0 Å². The molecule has 0 bridgehead atoms. The van der Waals surface area contributed by atoms with E-state index < -0.39 is 141 Å². The topological polar surface area (TPSA) is 156 Å². The summed E-state index contributed by atoms with van der Waals surface area (Å²) in [6.07, 6.45) is -31.2. The zero-order valence-electron chi connectivity index (χ0n) is 42.0. The number of amides is 3. The molecule has 456 valence electrons. The minimum absolute atomic E-state index is 0.00374. The van der Waals surface area contributed by atoms with Crippen molar-refractivity contribution in [2.24, 2.45) is 0 Å². The van der Waals surface area contributed by atoms with Gasteiger partial charge in [0.05, 0.1) is 33.3 Å². The molecule has 6 rings (SSSR count). The van der Waals surface area contributed by atoms with Crippen molar-refractivity contribution in [3.63, 3.8) is 0 Å². The second kappa shape index (κ2) is 27.3. The van der Waals surface area contributed by atoms with Gasteiger partial charge in [-0.25, -0.2) is 8.78 Å². The number of benzene rings is 6. The maximum atomic E-state index is 13.9. The fraction of sp³-hybridized carbons (Fsp3) is 0.226. The standard InChI is InChI=1S/C26H15ClF10N2O3.C18H16F3NO3.C9H2ClF7O/c27-19-8-12(7-18(22(19)28)26(35,36)37)17(25(32,33)34)9-20(40)15-5-6-16(14-4-2-1-3-13(14)15)23(42)38-10-21(41)39-11-24(29,30)31;1-11(23)12-6-7-15(14-5-3-2-4-13(12)14)16(24)8-9-17(25)22-10-18(19,20)21;10-5-2-3(7(18)9(15,16)17)1-4(6(5)11)8(12,13)14/h1-9H,10-11H2,(H,38,42)(H,39,41);2-7H,8-10H2,1H3,(H,22,25);1-2H. The number of hydrogen-bond acceptors (Lipinski definition) is 7. The van der Waals surface area contributed by atoms with Crippen molar-refractivity contribution in [3.05, 3.63) is 169 Å². The van der Waals surface area contributed by atoms with Gasteiger partial charge in [0, 0.05) is 40.7 Å². The molecular formula is C53H33Cl2F20N3O7. The van der Waals surface area contributed by atoms with E-state index in [0.717, 1.165) is 12.1 Å². The fourth-order valence-electron chi connectivity index (χ4n) is 7.31. The summed E-state index contributed by atoms with van der Waals surface area (Å²) in [5.74, 6) is -11.3. The number of nitrogens with one attached hydrogen (secondary N) is 3. The number of rotatable bonds is 14. The van der Waals surface area contributed by atoms with Crippen LogP contribution in [0.3, 0.4) is 0 Å². The number of Topliss-reactive ketones (excluding diaryl/α,β-unsaturated/α-hetero) is 3. The van der Waals surface area contributed by atoms with Crippen LogP contribution in [0.2, 0.25) is 10.0 Å². The zero-order chi connectivity index (χ0) is 64.5. The Bertz CT molecular complexity index is 3590. The molecule has 0 aliphatic carbocycles. The molecule has 0 radical (unpaired) electrons. The summed E-state index contributed by atoms with van der Waals surface area (Å²) in [5.41, 5.74) is -8.39. The van der Waals surface area contributed by atoms with Gasteiger partial charge in [-0.15, -0.1) is 0 Å². The number of halogens is 22. The second-order valence-corrected chi connectivity index (χ2v) is 18.1. The second-order valence-electron chi connectivity index (χ2n) is 17.2. The van der Waals surface area contributed by atoms with Crippen LogP contribution in [0, 0.1) is 11.6 Å². The average Bonchev–Trinajstić information content (AvgIpc) is 1.73. The molecule has 0 unspecified atom stereocenters. The van der Waals surface area contributed by atoms with Gasteiger partial charge in [0.25, 0.3) is 11.7 Å². The highest BCUT2D eigenvalue weighted by Gasteiger charge is 2.43. The lowest BCUT2D eigenvalue weighted by Gasteiger charge is -2.16. The Balaban J connectivity index is 0.000000304. The quantitative estimate of drug-likeness (QED) is 0.0557. The predicted molar refractivity (Wildman–Crippen MR) is 263 cm³/mol. The van der Waals surface area contributed by atoms with E-state index >= 15 is 0 Å². The summed E-state index contributed by atoms with van der Waals surface area (Å²) in [7, 11) is 0. The number of hydrogen-bond donors (Lipinski definition) is 3. The molecular weight excluding hydrogens is 1240 g/mol. The first kappa shape index (κ1) is 69.3. The highest BCUT2D eigenvalue weighted by molar-refractivity contribution is 6.31. The molecule has 0 aromatic heterocycles.